The quantitative estimate of drug-likeness (QED) is 0.688. The van der Waals surface area contributed by atoms with Crippen molar-refractivity contribution in [2.24, 2.45) is 0 Å². The molecule has 0 unspecified atom stereocenters. The minimum absolute atomic E-state index is 0.116. The molecule has 7 heteroatoms. The van der Waals surface area contributed by atoms with Crippen LogP contribution in [0.5, 0.6) is 0 Å². The Morgan fingerprint density at radius 3 is 2.71 bits per heavy atom. The van der Waals surface area contributed by atoms with Crippen LogP contribution in [-0.2, 0) is 11.3 Å². The van der Waals surface area contributed by atoms with Gasteiger partial charge in [-0.3, -0.25) is 0 Å². The number of carbonyl (C=O) groups is 1. The Hall–Kier alpha value is -2.60. The van der Waals surface area contributed by atoms with Gasteiger partial charge in [-0.15, -0.1) is 10.2 Å². The van der Waals surface area contributed by atoms with Gasteiger partial charge >= 0.3 is 5.97 Å². The predicted molar refractivity (Wildman–Crippen MR) is 72.6 cm³/mol. The maximum Gasteiger partial charge on any atom is 0.338 e. The van der Waals surface area contributed by atoms with Crippen molar-refractivity contribution >= 4 is 17.6 Å². The van der Waals surface area contributed by atoms with Crippen molar-refractivity contribution in [3.05, 3.63) is 59.1 Å². The predicted octanol–water partition coefficient (Wildman–Crippen LogP) is 3.34. The fraction of sp³-hybridized carbons (Fsp3) is 0.0714. The third-order valence-corrected chi connectivity index (χ3v) is 2.86. The van der Waals surface area contributed by atoms with Crippen molar-refractivity contribution < 1.29 is 18.4 Å². The van der Waals surface area contributed by atoms with Crippen molar-refractivity contribution in [2.75, 3.05) is 0 Å². The second-order valence-corrected chi connectivity index (χ2v) is 4.50. The largest absolute Gasteiger partial charge is 0.459 e. The standard InChI is InChI=1S/C14H9ClN2O4/c15-10-5-3-9(4-6-10)14(18)20-8-12-16-17-13(21-12)11-2-1-7-19-11/h1-7H,8H2. The van der Waals surface area contributed by atoms with E-state index in [0.29, 0.717) is 16.3 Å². The molecule has 0 spiro atoms. The van der Waals surface area contributed by atoms with Crippen molar-refractivity contribution in [3.63, 3.8) is 0 Å². The molecule has 1 aromatic carbocycles. The minimum atomic E-state index is -0.496. The topological polar surface area (TPSA) is 78.4 Å². The van der Waals surface area contributed by atoms with Crippen LogP contribution in [-0.4, -0.2) is 16.2 Å². The van der Waals surface area contributed by atoms with Crippen LogP contribution in [0.3, 0.4) is 0 Å². The summed E-state index contributed by atoms with van der Waals surface area (Å²) >= 11 is 5.75. The molecule has 3 aromatic rings. The Kier molecular flexibility index (Phi) is 3.70. The Morgan fingerprint density at radius 1 is 1.19 bits per heavy atom. The summed E-state index contributed by atoms with van der Waals surface area (Å²) < 4.78 is 15.5. The third-order valence-electron chi connectivity index (χ3n) is 2.61. The molecule has 6 nitrogen and oxygen atoms in total. The molecule has 2 heterocycles. The van der Waals surface area contributed by atoms with Gasteiger partial charge in [-0.25, -0.2) is 4.79 Å². The fourth-order valence-electron chi connectivity index (χ4n) is 1.61. The molecule has 0 amide bonds. The minimum Gasteiger partial charge on any atom is -0.459 e. The summed E-state index contributed by atoms with van der Waals surface area (Å²) in [5.41, 5.74) is 0.394. The van der Waals surface area contributed by atoms with Crippen LogP contribution in [0.4, 0.5) is 0 Å². The Balaban J connectivity index is 1.62. The lowest BCUT2D eigenvalue weighted by atomic mass is 10.2. The summed E-state index contributed by atoms with van der Waals surface area (Å²) in [4.78, 5) is 11.8. The van der Waals surface area contributed by atoms with Crippen molar-refractivity contribution in [1.82, 2.24) is 10.2 Å². The number of ether oxygens (including phenoxy) is 1. The first-order chi connectivity index (χ1) is 10.2. The number of hydrogen-bond donors (Lipinski definition) is 0. The molecule has 0 aliphatic rings. The van der Waals surface area contributed by atoms with Crippen LogP contribution < -0.4 is 0 Å². The van der Waals surface area contributed by atoms with E-state index in [9.17, 15) is 4.79 Å². The van der Waals surface area contributed by atoms with Crippen LogP contribution in [0, 0.1) is 0 Å². The average Bonchev–Trinajstić information content (AvgIpc) is 3.16. The lowest BCUT2D eigenvalue weighted by Gasteiger charge is -2.01. The first-order valence-corrected chi connectivity index (χ1v) is 6.39. The summed E-state index contributed by atoms with van der Waals surface area (Å²) in [6.45, 7) is -0.116. The molecule has 21 heavy (non-hydrogen) atoms. The molecular formula is C14H9ClN2O4. The molecule has 106 valence electrons. The number of halogens is 1. The summed E-state index contributed by atoms with van der Waals surface area (Å²) in [6.07, 6.45) is 1.50. The lowest BCUT2D eigenvalue weighted by molar-refractivity contribution is 0.0438. The first-order valence-electron chi connectivity index (χ1n) is 6.01. The molecule has 0 N–H and O–H groups in total. The number of aromatic nitrogens is 2. The highest BCUT2D eigenvalue weighted by Crippen LogP contribution is 2.18. The zero-order chi connectivity index (χ0) is 14.7. The molecule has 0 bridgehead atoms. The van der Waals surface area contributed by atoms with Crippen molar-refractivity contribution in [3.8, 4) is 11.7 Å². The molecule has 0 saturated heterocycles. The van der Waals surface area contributed by atoms with E-state index < -0.39 is 5.97 Å². The van der Waals surface area contributed by atoms with Gasteiger partial charge in [-0.05, 0) is 36.4 Å². The zero-order valence-electron chi connectivity index (χ0n) is 10.7. The monoisotopic (exact) mass is 304 g/mol. The molecule has 0 radical (unpaired) electrons. The number of furan rings is 1. The second-order valence-electron chi connectivity index (χ2n) is 4.06. The number of esters is 1. The van der Waals surface area contributed by atoms with Crippen LogP contribution >= 0.6 is 11.6 Å². The van der Waals surface area contributed by atoms with Crippen LogP contribution in [0.2, 0.25) is 5.02 Å². The summed E-state index contributed by atoms with van der Waals surface area (Å²) in [7, 11) is 0. The molecule has 0 atom stereocenters. The normalized spacial score (nSPS) is 10.5. The van der Waals surface area contributed by atoms with E-state index in [2.05, 4.69) is 10.2 Å². The van der Waals surface area contributed by atoms with Crippen LogP contribution in [0.1, 0.15) is 16.2 Å². The first kappa shape index (κ1) is 13.4. The lowest BCUT2D eigenvalue weighted by Crippen LogP contribution is -2.05. The smallest absolute Gasteiger partial charge is 0.338 e. The van der Waals surface area contributed by atoms with Crippen molar-refractivity contribution in [1.29, 1.82) is 0 Å². The maximum atomic E-state index is 11.8. The Morgan fingerprint density at radius 2 is 2.00 bits per heavy atom. The van der Waals surface area contributed by atoms with Gasteiger partial charge in [0.25, 0.3) is 11.8 Å². The molecule has 0 saturated carbocycles. The van der Waals surface area contributed by atoms with E-state index in [1.54, 1.807) is 36.4 Å². The van der Waals surface area contributed by atoms with Crippen LogP contribution in [0.25, 0.3) is 11.7 Å². The van der Waals surface area contributed by atoms with E-state index in [0.717, 1.165) is 0 Å². The molecule has 0 aliphatic heterocycles. The third kappa shape index (κ3) is 3.11. The van der Waals surface area contributed by atoms with Crippen LogP contribution in [0.15, 0.2) is 51.5 Å². The van der Waals surface area contributed by atoms with Gasteiger partial charge in [0.15, 0.2) is 12.4 Å². The van der Waals surface area contributed by atoms with Gasteiger partial charge in [0.05, 0.1) is 11.8 Å². The van der Waals surface area contributed by atoms with Crippen molar-refractivity contribution in [2.45, 2.75) is 6.61 Å². The van der Waals surface area contributed by atoms with E-state index in [4.69, 9.17) is 25.2 Å². The molecule has 0 aliphatic carbocycles. The number of benzene rings is 1. The average molecular weight is 305 g/mol. The number of carbonyl (C=O) groups excluding carboxylic acids is 1. The molecule has 3 rings (SSSR count). The van der Waals surface area contributed by atoms with Gasteiger partial charge in [-0.1, -0.05) is 11.6 Å². The van der Waals surface area contributed by atoms with Gasteiger partial charge in [0.1, 0.15) is 0 Å². The van der Waals surface area contributed by atoms with E-state index in [-0.39, 0.29) is 18.4 Å². The second kappa shape index (κ2) is 5.80. The van der Waals surface area contributed by atoms with E-state index >= 15 is 0 Å². The summed E-state index contributed by atoms with van der Waals surface area (Å²) in [5.74, 6) is 0.378. The summed E-state index contributed by atoms with van der Waals surface area (Å²) in [6, 6.07) is 9.77. The highest BCUT2D eigenvalue weighted by molar-refractivity contribution is 6.30. The molecular weight excluding hydrogens is 296 g/mol. The molecule has 2 aromatic heterocycles. The SMILES string of the molecule is O=C(OCc1nnc(-c2ccco2)o1)c1ccc(Cl)cc1. The Labute approximate surface area is 124 Å². The number of nitrogens with zero attached hydrogens (tertiary/aromatic N) is 2. The highest BCUT2D eigenvalue weighted by atomic mass is 35.5. The Bertz CT molecular complexity index is 735. The summed E-state index contributed by atoms with van der Waals surface area (Å²) in [5, 5.41) is 8.13. The number of hydrogen-bond acceptors (Lipinski definition) is 6. The zero-order valence-corrected chi connectivity index (χ0v) is 11.4. The van der Waals surface area contributed by atoms with E-state index in [1.807, 2.05) is 0 Å². The fourth-order valence-corrected chi connectivity index (χ4v) is 1.73. The van der Waals surface area contributed by atoms with Gasteiger partial charge in [-0.2, -0.15) is 0 Å². The van der Waals surface area contributed by atoms with Gasteiger partial charge < -0.3 is 13.6 Å². The molecule has 0 fully saturated rings. The van der Waals surface area contributed by atoms with E-state index in [1.165, 1.54) is 6.26 Å². The van der Waals surface area contributed by atoms with Gasteiger partial charge in [0, 0.05) is 5.02 Å². The highest BCUT2D eigenvalue weighted by Gasteiger charge is 2.13. The van der Waals surface area contributed by atoms with Gasteiger partial charge in [0.2, 0.25) is 0 Å². The number of rotatable bonds is 4. The maximum absolute atomic E-state index is 11.8.